The fourth-order valence-corrected chi connectivity index (χ4v) is 5.47. The van der Waals surface area contributed by atoms with Gasteiger partial charge in [-0.25, -0.2) is 22.8 Å². The average Bonchev–Trinajstić information content (AvgIpc) is 2.91. The molecule has 1 fully saturated rings. The Morgan fingerprint density at radius 3 is 2.52 bits per heavy atom. The third-order valence-corrected chi connectivity index (χ3v) is 7.71. The van der Waals surface area contributed by atoms with E-state index in [2.05, 4.69) is 20.0 Å². The molecule has 15 heteroatoms. The number of rotatable bonds is 8. The number of nitrogens with zero attached hydrogens (tertiary/aromatic N) is 4. The van der Waals surface area contributed by atoms with Crippen LogP contribution in [0.4, 0.5) is 34.9 Å². The van der Waals surface area contributed by atoms with Gasteiger partial charge in [0.1, 0.15) is 23.1 Å². The summed E-state index contributed by atoms with van der Waals surface area (Å²) in [5, 5.41) is 3.17. The van der Waals surface area contributed by atoms with E-state index in [0.29, 0.717) is 36.0 Å². The van der Waals surface area contributed by atoms with Crippen molar-refractivity contribution in [2.75, 3.05) is 40.4 Å². The molecule has 1 aliphatic heterocycles. The molecular formula is C27H29ClF4N6O3S. The van der Waals surface area contributed by atoms with Crippen LogP contribution in [-0.2, 0) is 27.5 Å². The number of halogens is 5. The topological polar surface area (TPSA) is 108 Å². The van der Waals surface area contributed by atoms with E-state index >= 15 is 0 Å². The summed E-state index contributed by atoms with van der Waals surface area (Å²) in [4.78, 5) is 25.0. The summed E-state index contributed by atoms with van der Waals surface area (Å²) < 4.78 is 80.1. The minimum atomic E-state index is -4.67. The van der Waals surface area contributed by atoms with Crippen LogP contribution in [0.2, 0.25) is 5.02 Å². The molecule has 42 heavy (non-hydrogen) atoms. The third-order valence-electron chi connectivity index (χ3n) is 6.82. The fourth-order valence-electron chi connectivity index (χ4n) is 4.67. The Labute approximate surface area is 246 Å². The van der Waals surface area contributed by atoms with Crippen molar-refractivity contribution < 1.29 is 30.8 Å². The van der Waals surface area contributed by atoms with Gasteiger partial charge in [0.25, 0.3) is 0 Å². The van der Waals surface area contributed by atoms with E-state index in [9.17, 15) is 30.8 Å². The summed E-state index contributed by atoms with van der Waals surface area (Å²) in [7, 11) is -3.70. The van der Waals surface area contributed by atoms with Gasteiger partial charge < -0.3 is 15.1 Å². The quantitative estimate of drug-likeness (QED) is 0.345. The second-order valence-electron chi connectivity index (χ2n) is 10.0. The second-order valence-corrected chi connectivity index (χ2v) is 12.2. The number of carbonyl (C=O) groups is 1. The molecule has 9 nitrogen and oxygen atoms in total. The van der Waals surface area contributed by atoms with Gasteiger partial charge in [-0.3, -0.25) is 9.52 Å². The van der Waals surface area contributed by atoms with Crippen molar-refractivity contribution >= 4 is 44.9 Å². The summed E-state index contributed by atoms with van der Waals surface area (Å²) in [5.74, 6) is -1.53. The van der Waals surface area contributed by atoms with Crippen molar-refractivity contribution in [2.45, 2.75) is 38.5 Å². The van der Waals surface area contributed by atoms with E-state index in [4.69, 9.17) is 11.6 Å². The standard InChI is InChI=1S/C27H29ClF4N6O3S/c1-16-15-37(25-20(28)5-4-10-33-25)11-12-38(16)24-19(7-9-23(35-24)27(30,31)32)14-34-26(39)17(2)18-6-8-22(21(29)13-18)36-42(3,40)41/h4-10,13,16-17,36H,11-12,14-15H2,1-3H3,(H,34,39). The van der Waals surface area contributed by atoms with E-state index < -0.39 is 39.5 Å². The van der Waals surface area contributed by atoms with Crippen molar-refractivity contribution in [3.8, 4) is 0 Å². The maximum absolute atomic E-state index is 14.5. The van der Waals surface area contributed by atoms with Crippen molar-refractivity contribution in [2.24, 2.45) is 0 Å². The Kier molecular flexibility index (Phi) is 9.16. The molecule has 2 N–H and O–H groups in total. The number of hydrogen-bond donors (Lipinski definition) is 2. The number of pyridine rings is 2. The number of piperazine rings is 1. The molecule has 0 aliphatic carbocycles. The molecule has 2 aromatic heterocycles. The molecule has 226 valence electrons. The predicted molar refractivity (Wildman–Crippen MR) is 153 cm³/mol. The van der Waals surface area contributed by atoms with Gasteiger partial charge in [0, 0.05) is 44.0 Å². The molecule has 1 aliphatic rings. The molecule has 3 heterocycles. The van der Waals surface area contributed by atoms with Gasteiger partial charge in [0.2, 0.25) is 15.9 Å². The number of hydrogen-bond acceptors (Lipinski definition) is 7. The molecule has 4 rings (SSSR count). The second kappa shape index (κ2) is 12.3. The highest BCUT2D eigenvalue weighted by molar-refractivity contribution is 7.92. The highest BCUT2D eigenvalue weighted by atomic mass is 35.5. The van der Waals surface area contributed by atoms with Crippen LogP contribution in [0.3, 0.4) is 0 Å². The van der Waals surface area contributed by atoms with Crippen molar-refractivity contribution in [3.05, 3.63) is 76.3 Å². The normalized spacial score (nSPS) is 16.7. The molecule has 1 amide bonds. The maximum Gasteiger partial charge on any atom is 0.433 e. The summed E-state index contributed by atoms with van der Waals surface area (Å²) in [6, 6.07) is 8.99. The van der Waals surface area contributed by atoms with Crippen LogP contribution >= 0.6 is 11.6 Å². The van der Waals surface area contributed by atoms with Crippen LogP contribution in [0.25, 0.3) is 0 Å². The first-order valence-electron chi connectivity index (χ1n) is 12.9. The van der Waals surface area contributed by atoms with E-state index in [0.717, 1.165) is 18.4 Å². The molecule has 1 saturated heterocycles. The Hall–Kier alpha value is -3.65. The minimum Gasteiger partial charge on any atom is -0.352 e. The summed E-state index contributed by atoms with van der Waals surface area (Å²) in [5.41, 5.74) is -0.651. The largest absolute Gasteiger partial charge is 0.433 e. The first-order chi connectivity index (χ1) is 19.6. The highest BCUT2D eigenvalue weighted by Gasteiger charge is 2.35. The molecule has 1 aromatic carbocycles. The zero-order valence-electron chi connectivity index (χ0n) is 22.9. The van der Waals surface area contributed by atoms with Crippen molar-refractivity contribution in [1.29, 1.82) is 0 Å². The van der Waals surface area contributed by atoms with E-state index in [1.165, 1.54) is 25.1 Å². The number of sulfonamides is 1. The number of alkyl halides is 3. The SMILES string of the molecule is CC(C(=O)NCc1ccc(C(F)(F)F)nc1N1CCN(c2ncccc2Cl)CC1C)c1ccc(NS(C)(=O)=O)c(F)c1. The Morgan fingerprint density at radius 2 is 1.90 bits per heavy atom. The first kappa shape index (κ1) is 31.3. The number of benzene rings is 1. The van der Waals surface area contributed by atoms with Gasteiger partial charge in [-0.05, 0) is 49.7 Å². The molecular weight excluding hydrogens is 600 g/mol. The number of nitrogens with one attached hydrogen (secondary N) is 2. The lowest BCUT2D eigenvalue weighted by Gasteiger charge is -2.42. The van der Waals surface area contributed by atoms with E-state index in [-0.39, 0.29) is 29.7 Å². The van der Waals surface area contributed by atoms with Gasteiger partial charge in [-0.1, -0.05) is 23.7 Å². The molecule has 0 spiro atoms. The summed E-state index contributed by atoms with van der Waals surface area (Å²) in [6.07, 6.45) is -2.17. The maximum atomic E-state index is 14.5. The Morgan fingerprint density at radius 1 is 1.17 bits per heavy atom. The van der Waals surface area contributed by atoms with Gasteiger partial charge in [-0.15, -0.1) is 0 Å². The van der Waals surface area contributed by atoms with Crippen LogP contribution in [0.1, 0.15) is 36.6 Å². The van der Waals surface area contributed by atoms with Crippen LogP contribution in [0.5, 0.6) is 0 Å². The number of aromatic nitrogens is 2. The highest BCUT2D eigenvalue weighted by Crippen LogP contribution is 2.33. The summed E-state index contributed by atoms with van der Waals surface area (Å²) >= 11 is 6.29. The summed E-state index contributed by atoms with van der Waals surface area (Å²) in [6.45, 7) is 4.44. The smallest absolute Gasteiger partial charge is 0.352 e. The number of anilines is 3. The number of amides is 1. The van der Waals surface area contributed by atoms with Crippen LogP contribution in [-0.4, -0.2) is 56.2 Å². The molecule has 2 atom stereocenters. The fraction of sp³-hybridized carbons (Fsp3) is 0.370. The lowest BCUT2D eigenvalue weighted by molar-refractivity contribution is -0.141. The zero-order chi connectivity index (χ0) is 30.8. The lowest BCUT2D eigenvalue weighted by Crippen LogP contribution is -2.53. The Balaban J connectivity index is 1.52. The first-order valence-corrected chi connectivity index (χ1v) is 15.1. The molecule has 0 bridgehead atoms. The molecule has 0 saturated carbocycles. The van der Waals surface area contributed by atoms with Gasteiger partial charge in [0.05, 0.1) is 22.9 Å². The molecule has 3 aromatic rings. The number of carbonyl (C=O) groups excluding carboxylic acids is 1. The van der Waals surface area contributed by atoms with Crippen molar-refractivity contribution in [3.63, 3.8) is 0 Å². The predicted octanol–water partition coefficient (Wildman–Crippen LogP) is 4.79. The molecule has 2 unspecified atom stereocenters. The Bertz CT molecular complexity index is 1570. The molecule has 0 radical (unpaired) electrons. The third kappa shape index (κ3) is 7.40. The van der Waals surface area contributed by atoms with E-state index in [1.807, 2.05) is 11.8 Å². The van der Waals surface area contributed by atoms with E-state index in [1.54, 1.807) is 23.2 Å². The van der Waals surface area contributed by atoms with Gasteiger partial charge in [0.15, 0.2) is 0 Å². The van der Waals surface area contributed by atoms with Crippen molar-refractivity contribution in [1.82, 2.24) is 15.3 Å². The lowest BCUT2D eigenvalue weighted by atomic mass is 9.99. The van der Waals surface area contributed by atoms with Gasteiger partial charge in [-0.2, -0.15) is 13.2 Å². The van der Waals surface area contributed by atoms with Crippen LogP contribution < -0.4 is 19.8 Å². The van der Waals surface area contributed by atoms with Crippen LogP contribution in [0.15, 0.2) is 48.7 Å². The monoisotopic (exact) mass is 628 g/mol. The van der Waals surface area contributed by atoms with Gasteiger partial charge >= 0.3 is 6.18 Å². The average molecular weight is 629 g/mol. The zero-order valence-corrected chi connectivity index (χ0v) is 24.5. The minimum absolute atomic E-state index is 0.0966. The van der Waals surface area contributed by atoms with Crippen LogP contribution in [0, 0.1) is 5.82 Å².